The van der Waals surface area contributed by atoms with Crippen molar-refractivity contribution in [1.29, 1.82) is 0 Å². The largest absolute Gasteiger partial charge is 0.396 e. The van der Waals surface area contributed by atoms with Crippen LogP contribution in [0.3, 0.4) is 0 Å². The number of nitrogens with one attached hydrogen (secondary N) is 1. The molecule has 0 bridgehead atoms. The maximum absolute atomic E-state index is 9.27. The lowest BCUT2D eigenvalue weighted by atomic mass is 9.82. The quantitative estimate of drug-likeness (QED) is 0.660. The highest BCUT2D eigenvalue weighted by Crippen LogP contribution is 2.42. The second kappa shape index (κ2) is 3.75. The van der Waals surface area contributed by atoms with Crippen LogP contribution in [0.15, 0.2) is 0 Å². The number of rotatable bonds is 3. The minimum absolute atomic E-state index is 0.426. The van der Waals surface area contributed by atoms with Crippen molar-refractivity contribution >= 4 is 0 Å². The molecule has 1 saturated carbocycles. The van der Waals surface area contributed by atoms with E-state index in [0.29, 0.717) is 12.5 Å². The van der Waals surface area contributed by atoms with E-state index in [9.17, 15) is 5.11 Å². The summed E-state index contributed by atoms with van der Waals surface area (Å²) < 4.78 is 0. The summed E-state index contributed by atoms with van der Waals surface area (Å²) in [6.45, 7) is 2.75. The molecule has 0 aromatic rings. The van der Waals surface area contributed by atoms with Crippen LogP contribution in [0.1, 0.15) is 25.7 Å². The van der Waals surface area contributed by atoms with Crippen molar-refractivity contribution in [3.05, 3.63) is 0 Å². The SMILES string of the molecule is OCC(C1CCNCC1)C1CC1. The number of hydrogen-bond acceptors (Lipinski definition) is 2. The van der Waals surface area contributed by atoms with E-state index in [2.05, 4.69) is 5.32 Å². The fourth-order valence-corrected chi connectivity index (χ4v) is 2.48. The van der Waals surface area contributed by atoms with Gasteiger partial charge in [-0.3, -0.25) is 0 Å². The van der Waals surface area contributed by atoms with E-state index in [1.165, 1.54) is 25.7 Å². The molecule has 12 heavy (non-hydrogen) atoms. The predicted molar refractivity (Wildman–Crippen MR) is 48.9 cm³/mol. The van der Waals surface area contributed by atoms with Gasteiger partial charge in [-0.25, -0.2) is 0 Å². The molecule has 0 aromatic carbocycles. The molecule has 2 aliphatic rings. The number of aliphatic hydroxyl groups excluding tert-OH is 1. The normalized spacial score (nSPS) is 28.8. The second-order valence-electron chi connectivity index (χ2n) is 4.27. The van der Waals surface area contributed by atoms with Gasteiger partial charge in [-0.1, -0.05) is 0 Å². The first-order valence-corrected chi connectivity index (χ1v) is 5.23. The van der Waals surface area contributed by atoms with Gasteiger partial charge in [0, 0.05) is 6.61 Å². The third-order valence-electron chi connectivity index (χ3n) is 3.43. The van der Waals surface area contributed by atoms with E-state index in [1.807, 2.05) is 0 Å². The van der Waals surface area contributed by atoms with Gasteiger partial charge in [0.25, 0.3) is 0 Å². The van der Waals surface area contributed by atoms with Crippen LogP contribution in [-0.2, 0) is 0 Å². The molecular weight excluding hydrogens is 150 g/mol. The third kappa shape index (κ3) is 1.80. The first-order valence-electron chi connectivity index (χ1n) is 5.23. The van der Waals surface area contributed by atoms with Gasteiger partial charge in [-0.2, -0.15) is 0 Å². The molecule has 2 fully saturated rings. The zero-order chi connectivity index (χ0) is 8.39. The molecule has 1 unspecified atom stereocenters. The summed E-state index contributed by atoms with van der Waals surface area (Å²) in [5, 5.41) is 12.6. The standard InChI is InChI=1S/C10H19NO/c12-7-10(8-1-2-8)9-3-5-11-6-4-9/h8-12H,1-7H2. The lowest BCUT2D eigenvalue weighted by Gasteiger charge is -2.29. The molecule has 2 rings (SSSR count). The summed E-state index contributed by atoms with van der Waals surface area (Å²) in [4.78, 5) is 0. The summed E-state index contributed by atoms with van der Waals surface area (Å²) in [7, 11) is 0. The minimum Gasteiger partial charge on any atom is -0.396 e. The first kappa shape index (κ1) is 8.52. The molecule has 1 atom stereocenters. The van der Waals surface area contributed by atoms with Gasteiger partial charge < -0.3 is 10.4 Å². The van der Waals surface area contributed by atoms with Crippen LogP contribution in [0.2, 0.25) is 0 Å². The third-order valence-corrected chi connectivity index (χ3v) is 3.43. The average Bonchev–Trinajstić information content (AvgIpc) is 2.92. The van der Waals surface area contributed by atoms with Crippen LogP contribution in [0.5, 0.6) is 0 Å². The highest BCUT2D eigenvalue weighted by atomic mass is 16.3. The number of aliphatic hydroxyl groups is 1. The number of hydrogen-bond donors (Lipinski definition) is 2. The molecule has 2 heteroatoms. The van der Waals surface area contributed by atoms with Gasteiger partial charge in [0.2, 0.25) is 0 Å². The molecule has 1 saturated heterocycles. The topological polar surface area (TPSA) is 32.3 Å². The van der Waals surface area contributed by atoms with Gasteiger partial charge in [-0.15, -0.1) is 0 Å². The Labute approximate surface area is 74.4 Å². The average molecular weight is 169 g/mol. The summed E-state index contributed by atoms with van der Waals surface area (Å²) in [6.07, 6.45) is 5.30. The van der Waals surface area contributed by atoms with Gasteiger partial charge in [-0.05, 0) is 56.5 Å². The fourth-order valence-electron chi connectivity index (χ4n) is 2.48. The zero-order valence-corrected chi connectivity index (χ0v) is 7.63. The van der Waals surface area contributed by atoms with Crippen molar-refractivity contribution in [2.75, 3.05) is 19.7 Å². The summed E-state index contributed by atoms with van der Waals surface area (Å²) in [5.41, 5.74) is 0. The maximum Gasteiger partial charge on any atom is 0.0464 e. The van der Waals surface area contributed by atoms with Gasteiger partial charge in [0.05, 0.1) is 0 Å². The van der Waals surface area contributed by atoms with Crippen LogP contribution in [0.25, 0.3) is 0 Å². The summed E-state index contributed by atoms with van der Waals surface area (Å²) >= 11 is 0. The van der Waals surface area contributed by atoms with E-state index >= 15 is 0 Å². The Hall–Kier alpha value is -0.0800. The first-order chi connectivity index (χ1) is 5.92. The van der Waals surface area contributed by atoms with Crippen molar-refractivity contribution < 1.29 is 5.11 Å². The van der Waals surface area contributed by atoms with E-state index < -0.39 is 0 Å². The van der Waals surface area contributed by atoms with Crippen molar-refractivity contribution in [3.8, 4) is 0 Å². The van der Waals surface area contributed by atoms with E-state index in [-0.39, 0.29) is 0 Å². The van der Waals surface area contributed by atoms with Crippen molar-refractivity contribution in [3.63, 3.8) is 0 Å². The molecular formula is C10H19NO. The number of piperidine rings is 1. The Bertz CT molecular complexity index is 139. The second-order valence-corrected chi connectivity index (χ2v) is 4.27. The zero-order valence-electron chi connectivity index (χ0n) is 7.63. The predicted octanol–water partition coefficient (Wildman–Crippen LogP) is 1.00. The molecule has 70 valence electrons. The Kier molecular flexibility index (Phi) is 2.66. The highest BCUT2D eigenvalue weighted by Gasteiger charge is 2.36. The maximum atomic E-state index is 9.27. The Morgan fingerprint density at radius 3 is 2.17 bits per heavy atom. The van der Waals surface area contributed by atoms with E-state index in [1.54, 1.807) is 0 Å². The fraction of sp³-hybridized carbons (Fsp3) is 1.00. The van der Waals surface area contributed by atoms with Crippen molar-refractivity contribution in [1.82, 2.24) is 5.32 Å². The molecule has 1 aliphatic heterocycles. The van der Waals surface area contributed by atoms with Crippen LogP contribution in [0, 0.1) is 17.8 Å². The molecule has 0 amide bonds. The highest BCUT2D eigenvalue weighted by molar-refractivity contribution is 4.87. The van der Waals surface area contributed by atoms with Gasteiger partial charge in [0.1, 0.15) is 0 Å². The van der Waals surface area contributed by atoms with Crippen LogP contribution >= 0.6 is 0 Å². The lowest BCUT2D eigenvalue weighted by Crippen LogP contribution is -2.33. The Balaban J connectivity index is 1.85. The molecule has 0 radical (unpaired) electrons. The lowest BCUT2D eigenvalue weighted by molar-refractivity contribution is 0.134. The van der Waals surface area contributed by atoms with Crippen molar-refractivity contribution in [2.45, 2.75) is 25.7 Å². The van der Waals surface area contributed by atoms with E-state index in [4.69, 9.17) is 0 Å². The van der Waals surface area contributed by atoms with Gasteiger partial charge >= 0.3 is 0 Å². The minimum atomic E-state index is 0.426. The molecule has 0 aromatic heterocycles. The van der Waals surface area contributed by atoms with Crippen molar-refractivity contribution in [2.24, 2.45) is 17.8 Å². The monoisotopic (exact) mass is 169 g/mol. The Morgan fingerprint density at radius 2 is 1.67 bits per heavy atom. The van der Waals surface area contributed by atoms with E-state index in [0.717, 1.165) is 24.9 Å². The smallest absolute Gasteiger partial charge is 0.0464 e. The van der Waals surface area contributed by atoms with Gasteiger partial charge in [0.15, 0.2) is 0 Å². The molecule has 0 spiro atoms. The Morgan fingerprint density at radius 1 is 1.08 bits per heavy atom. The molecule has 1 aliphatic carbocycles. The van der Waals surface area contributed by atoms with Crippen LogP contribution < -0.4 is 5.32 Å². The van der Waals surface area contributed by atoms with Crippen LogP contribution in [-0.4, -0.2) is 24.8 Å². The summed E-state index contributed by atoms with van der Waals surface area (Å²) in [6, 6.07) is 0. The van der Waals surface area contributed by atoms with Crippen LogP contribution in [0.4, 0.5) is 0 Å². The molecule has 2 nitrogen and oxygen atoms in total. The molecule has 1 heterocycles. The summed E-state index contributed by atoms with van der Waals surface area (Å²) in [5.74, 6) is 2.31. The molecule has 2 N–H and O–H groups in total.